The van der Waals surface area contributed by atoms with Crippen LogP contribution in [0.4, 0.5) is 9.59 Å². The van der Waals surface area contributed by atoms with Gasteiger partial charge in [-0.2, -0.15) is 45.1 Å². The first-order chi connectivity index (χ1) is 19.2. The van der Waals surface area contributed by atoms with Crippen molar-refractivity contribution in [1.29, 1.82) is 0 Å². The van der Waals surface area contributed by atoms with Crippen molar-refractivity contribution in [3.8, 4) is 0 Å². The number of aliphatic imine (C=N–C) groups is 2. The Bertz CT molecular complexity index is 625. The Morgan fingerprint density at radius 3 is 1.72 bits per heavy atom. The van der Waals surface area contributed by atoms with E-state index in [1.165, 1.54) is 12.8 Å². The van der Waals surface area contributed by atoms with Gasteiger partial charge in [-0.1, -0.05) is 0 Å². The zero-order chi connectivity index (χ0) is 28.5. The van der Waals surface area contributed by atoms with Gasteiger partial charge in [-0.05, 0) is 6.42 Å². The summed E-state index contributed by atoms with van der Waals surface area (Å²) in [5.41, 5.74) is 0. The molecule has 0 saturated heterocycles. The van der Waals surface area contributed by atoms with Gasteiger partial charge in [-0.3, -0.25) is 9.98 Å². The second-order valence-electron chi connectivity index (χ2n) is 6.98. The van der Waals surface area contributed by atoms with E-state index in [4.69, 9.17) is 39.2 Å². The van der Waals surface area contributed by atoms with Crippen LogP contribution >= 0.6 is 35.3 Å². The highest BCUT2D eigenvalue weighted by molar-refractivity contribution is 7.99. The van der Waals surface area contributed by atoms with E-state index in [2.05, 4.69) is 20.6 Å². The molecule has 0 aliphatic rings. The average Bonchev–Trinajstić information content (AvgIpc) is 2.93. The predicted octanol–water partition coefficient (Wildman–Crippen LogP) is 1.36. The molecule has 17 heteroatoms. The second-order valence-corrected chi connectivity index (χ2v) is 10.7. The minimum absolute atomic E-state index is 0.00234. The fourth-order valence-electron chi connectivity index (χ4n) is 2.06. The van der Waals surface area contributed by atoms with E-state index in [-0.39, 0.29) is 19.8 Å². The molecular formula is C22H42N4O10S3. The Hall–Kier alpha value is -1.63. The fraction of sp³-hybridized carbons (Fsp3) is 0.818. The largest absolute Gasteiger partial charge is 0.449 e. The van der Waals surface area contributed by atoms with Crippen LogP contribution in [0.2, 0.25) is 0 Å². The molecule has 0 rings (SSSR count). The van der Waals surface area contributed by atoms with Gasteiger partial charge in [0.1, 0.15) is 13.2 Å². The number of thioether (sulfide) groups is 3. The maximum absolute atomic E-state index is 11.6. The van der Waals surface area contributed by atoms with E-state index in [1.54, 1.807) is 35.3 Å². The zero-order valence-electron chi connectivity index (χ0n) is 22.2. The van der Waals surface area contributed by atoms with Crippen LogP contribution in [0.5, 0.6) is 0 Å². The number of amides is 2. The molecule has 0 heterocycles. The number of nitrogens with zero attached hydrogens (tertiary/aromatic N) is 2. The SMILES string of the molecule is O=C(NCCSCC/N=C/OOCCSCCOC(=O)NCCSCC/N=C\OOCCCO)OCCCO. The Morgan fingerprint density at radius 2 is 1.13 bits per heavy atom. The molecular weight excluding hydrogens is 576 g/mol. The summed E-state index contributed by atoms with van der Waals surface area (Å²) in [5.74, 6) is 4.38. The number of carbonyl (C=O) groups excluding carboxylic acids is 2. The van der Waals surface area contributed by atoms with Crippen molar-refractivity contribution >= 4 is 60.3 Å². The molecule has 0 aromatic heterocycles. The summed E-state index contributed by atoms with van der Waals surface area (Å²) in [6.07, 6.45) is 2.52. The van der Waals surface area contributed by atoms with E-state index >= 15 is 0 Å². The lowest BCUT2D eigenvalue weighted by atomic mass is 10.5. The third-order valence-corrected chi connectivity index (χ3v) is 6.66. The van der Waals surface area contributed by atoms with Crippen LogP contribution in [-0.4, -0.2) is 136 Å². The van der Waals surface area contributed by atoms with Crippen LogP contribution in [-0.2, 0) is 29.0 Å². The van der Waals surface area contributed by atoms with Gasteiger partial charge in [0.05, 0.1) is 26.3 Å². The first-order valence-corrected chi connectivity index (χ1v) is 16.0. The van der Waals surface area contributed by atoms with Gasteiger partial charge in [0.15, 0.2) is 0 Å². The highest BCUT2D eigenvalue weighted by Gasteiger charge is 2.01. The quantitative estimate of drug-likeness (QED) is 0.0325. The Morgan fingerprint density at radius 1 is 0.641 bits per heavy atom. The minimum Gasteiger partial charge on any atom is -0.449 e. The summed E-state index contributed by atoms with van der Waals surface area (Å²) < 4.78 is 9.94. The number of hydrogen-bond donors (Lipinski definition) is 4. The highest BCUT2D eigenvalue weighted by atomic mass is 32.2. The van der Waals surface area contributed by atoms with Crippen LogP contribution in [0, 0.1) is 0 Å². The lowest BCUT2D eigenvalue weighted by molar-refractivity contribution is -0.218. The molecule has 0 aliphatic heterocycles. The van der Waals surface area contributed by atoms with Gasteiger partial charge in [-0.15, -0.1) is 0 Å². The van der Waals surface area contributed by atoms with Crippen molar-refractivity contribution < 1.29 is 48.8 Å². The van der Waals surface area contributed by atoms with Crippen LogP contribution in [0.25, 0.3) is 0 Å². The molecule has 0 aromatic rings. The van der Waals surface area contributed by atoms with Crippen LogP contribution in [0.1, 0.15) is 12.8 Å². The first-order valence-electron chi connectivity index (χ1n) is 12.5. The van der Waals surface area contributed by atoms with Crippen LogP contribution in [0.3, 0.4) is 0 Å². The monoisotopic (exact) mass is 618 g/mol. The molecule has 0 aromatic carbocycles. The van der Waals surface area contributed by atoms with E-state index in [9.17, 15) is 9.59 Å². The van der Waals surface area contributed by atoms with E-state index in [0.717, 1.165) is 23.0 Å². The average molecular weight is 619 g/mol. The number of aliphatic hydroxyl groups is 2. The van der Waals surface area contributed by atoms with Crippen molar-refractivity contribution in [2.45, 2.75) is 12.8 Å². The number of nitrogens with one attached hydrogen (secondary N) is 2. The molecule has 14 nitrogen and oxygen atoms in total. The van der Waals surface area contributed by atoms with Crippen molar-refractivity contribution in [3.63, 3.8) is 0 Å². The Kier molecular flexibility index (Phi) is 31.2. The predicted molar refractivity (Wildman–Crippen MR) is 155 cm³/mol. The van der Waals surface area contributed by atoms with Crippen molar-refractivity contribution in [2.24, 2.45) is 9.98 Å². The van der Waals surface area contributed by atoms with Crippen LogP contribution in [0.15, 0.2) is 9.98 Å². The summed E-state index contributed by atoms with van der Waals surface area (Å²) >= 11 is 4.85. The molecule has 0 aliphatic carbocycles. The Labute approximate surface area is 242 Å². The number of alkyl carbamates (subject to hydrolysis) is 2. The van der Waals surface area contributed by atoms with Gasteiger partial charge in [0.2, 0.25) is 12.8 Å². The van der Waals surface area contributed by atoms with Crippen molar-refractivity contribution in [3.05, 3.63) is 0 Å². The number of ether oxygens (including phenoxy) is 2. The molecule has 0 atom stereocenters. The van der Waals surface area contributed by atoms with Gasteiger partial charge < -0.3 is 40.1 Å². The number of hydrogen-bond acceptors (Lipinski definition) is 15. The second kappa shape index (κ2) is 32.6. The standard InChI is InChI=1S/C22H42N4O10S3/c27-7-1-9-31-21(29)25-5-15-37-14-4-24-20-36-34-12-18-39-17-11-32-22(30)26-6-16-38-13-3-23-19-35-33-10-2-8-28/h19-20,27-28H,1-18H2,(H,25,29)(H,26,30)/b23-19-,24-20+. The molecule has 0 bridgehead atoms. The maximum atomic E-state index is 11.6. The summed E-state index contributed by atoms with van der Waals surface area (Å²) in [6, 6.07) is 0. The molecule has 0 fully saturated rings. The van der Waals surface area contributed by atoms with Crippen molar-refractivity contribution in [1.82, 2.24) is 10.6 Å². The lowest BCUT2D eigenvalue weighted by Crippen LogP contribution is -2.27. The number of rotatable bonds is 28. The Balaban J connectivity index is 3.28. The summed E-state index contributed by atoms with van der Waals surface area (Å²) in [6.45, 7) is 3.40. The molecule has 2 amide bonds. The summed E-state index contributed by atoms with van der Waals surface area (Å²) in [5, 5.41) is 22.5. The smallest absolute Gasteiger partial charge is 0.407 e. The third-order valence-electron chi connectivity index (χ3n) is 3.83. The maximum Gasteiger partial charge on any atom is 0.407 e. The zero-order valence-corrected chi connectivity index (χ0v) is 24.6. The molecule has 0 spiro atoms. The fourth-order valence-corrected chi connectivity index (χ4v) is 4.02. The lowest BCUT2D eigenvalue weighted by Gasteiger charge is -2.06. The van der Waals surface area contributed by atoms with Gasteiger partial charge in [0.25, 0.3) is 0 Å². The molecule has 0 saturated carbocycles. The molecule has 0 radical (unpaired) electrons. The van der Waals surface area contributed by atoms with E-state index in [0.29, 0.717) is 70.3 Å². The molecule has 228 valence electrons. The third kappa shape index (κ3) is 32.5. The molecule has 39 heavy (non-hydrogen) atoms. The highest BCUT2D eigenvalue weighted by Crippen LogP contribution is 2.01. The molecule has 4 N–H and O–H groups in total. The first kappa shape index (κ1) is 37.4. The van der Waals surface area contributed by atoms with E-state index < -0.39 is 12.2 Å². The normalized spacial score (nSPS) is 11.1. The van der Waals surface area contributed by atoms with Crippen LogP contribution < -0.4 is 10.6 Å². The summed E-state index contributed by atoms with van der Waals surface area (Å²) in [4.78, 5) is 50.2. The van der Waals surface area contributed by atoms with Crippen molar-refractivity contribution in [2.75, 3.05) is 100 Å². The molecule has 0 unspecified atom stereocenters. The number of carbonyl (C=O) groups is 2. The summed E-state index contributed by atoms with van der Waals surface area (Å²) in [7, 11) is 0. The van der Waals surface area contributed by atoms with Gasteiger partial charge >= 0.3 is 12.2 Å². The van der Waals surface area contributed by atoms with Gasteiger partial charge in [0, 0.05) is 67.2 Å². The van der Waals surface area contributed by atoms with Gasteiger partial charge in [-0.25, -0.2) is 9.59 Å². The number of aliphatic hydroxyl groups excluding tert-OH is 2. The minimum atomic E-state index is -0.477. The topological polar surface area (TPSA) is 179 Å². The van der Waals surface area contributed by atoms with E-state index in [1.807, 2.05) is 0 Å².